The van der Waals surface area contributed by atoms with Crippen LogP contribution in [0.5, 0.6) is 5.75 Å². The van der Waals surface area contributed by atoms with Crippen molar-refractivity contribution in [1.82, 2.24) is 5.32 Å². The van der Waals surface area contributed by atoms with Gasteiger partial charge in [0.25, 0.3) is 5.91 Å². The maximum atomic E-state index is 12.4. The molecule has 140 valence electrons. The second-order valence-corrected chi connectivity index (χ2v) is 5.80. The molecule has 1 amide bonds. The van der Waals surface area contributed by atoms with E-state index in [1.165, 1.54) is 13.3 Å². The number of hydrogen-bond donors (Lipinski definition) is 1. The first-order valence-corrected chi connectivity index (χ1v) is 8.65. The zero-order valence-corrected chi connectivity index (χ0v) is 15.3. The van der Waals surface area contributed by atoms with Crippen LogP contribution in [0, 0.1) is 0 Å². The lowest BCUT2D eigenvalue weighted by Gasteiger charge is -2.13. The molecule has 0 bridgehead atoms. The number of carbonyl (C=O) groups is 2. The molecule has 0 spiro atoms. The number of para-hydroxylation sites is 1. The van der Waals surface area contributed by atoms with Gasteiger partial charge in [0, 0.05) is 17.3 Å². The number of ether oxygens (including phenoxy) is 2. The molecule has 28 heavy (non-hydrogen) atoms. The minimum absolute atomic E-state index is 0.265. The topological polar surface area (TPSA) is 64.6 Å². The molecule has 5 nitrogen and oxygen atoms in total. The summed E-state index contributed by atoms with van der Waals surface area (Å²) in [7, 11) is 1.31. The minimum Gasteiger partial charge on any atom is -0.465 e. The summed E-state index contributed by atoms with van der Waals surface area (Å²) in [6.07, 6.45) is 1.48. The maximum absolute atomic E-state index is 12.4. The number of hydrogen-bond acceptors (Lipinski definition) is 4. The van der Waals surface area contributed by atoms with Gasteiger partial charge in [0.2, 0.25) is 0 Å². The Morgan fingerprint density at radius 3 is 2.00 bits per heavy atom. The van der Waals surface area contributed by atoms with Crippen LogP contribution in [0.2, 0.25) is 0 Å². The molecule has 0 unspecified atom stereocenters. The van der Waals surface area contributed by atoms with E-state index in [4.69, 9.17) is 9.47 Å². The molecule has 0 radical (unpaired) electrons. The molecule has 3 aromatic rings. The molecule has 0 aliphatic carbocycles. The van der Waals surface area contributed by atoms with Gasteiger partial charge in [0.1, 0.15) is 11.3 Å². The summed E-state index contributed by atoms with van der Waals surface area (Å²) in [6.45, 7) is 0. The average molecular weight is 373 g/mol. The summed E-state index contributed by atoms with van der Waals surface area (Å²) < 4.78 is 10.8. The van der Waals surface area contributed by atoms with E-state index >= 15 is 0 Å². The van der Waals surface area contributed by atoms with E-state index in [1.54, 1.807) is 48.5 Å². The highest BCUT2D eigenvalue weighted by molar-refractivity contribution is 5.95. The average Bonchev–Trinajstić information content (AvgIpc) is 2.77. The van der Waals surface area contributed by atoms with Crippen molar-refractivity contribution in [3.8, 4) is 5.75 Å². The molecule has 0 aliphatic heterocycles. The SMILES string of the molecule is COC(=O)c1ccccc1O/C(=C/NC(=O)c1ccccc1)c1ccccc1. The third kappa shape index (κ3) is 4.65. The number of benzene rings is 3. The summed E-state index contributed by atoms with van der Waals surface area (Å²) in [5, 5.41) is 2.74. The molecule has 0 fully saturated rings. The standard InChI is InChI=1S/C23H19NO4/c1-27-23(26)19-14-8-9-15-20(19)28-21(17-10-4-2-5-11-17)16-24-22(25)18-12-6-3-7-13-18/h2-16H,1H3,(H,24,25)/b21-16+. The van der Waals surface area contributed by atoms with Gasteiger partial charge < -0.3 is 14.8 Å². The van der Waals surface area contributed by atoms with E-state index in [0.29, 0.717) is 22.6 Å². The fraction of sp³-hybridized carbons (Fsp3) is 0.0435. The van der Waals surface area contributed by atoms with E-state index in [0.717, 1.165) is 5.56 Å². The highest BCUT2D eigenvalue weighted by Crippen LogP contribution is 2.25. The summed E-state index contributed by atoms with van der Waals surface area (Å²) in [5.74, 6) is -0.0464. The summed E-state index contributed by atoms with van der Waals surface area (Å²) in [4.78, 5) is 24.4. The zero-order chi connectivity index (χ0) is 19.8. The highest BCUT2D eigenvalue weighted by atomic mass is 16.5. The van der Waals surface area contributed by atoms with Crippen LogP contribution in [0.1, 0.15) is 26.3 Å². The first kappa shape index (κ1) is 18.9. The van der Waals surface area contributed by atoms with Crippen molar-refractivity contribution in [2.75, 3.05) is 7.11 Å². The van der Waals surface area contributed by atoms with E-state index in [9.17, 15) is 9.59 Å². The van der Waals surface area contributed by atoms with Gasteiger partial charge in [-0.25, -0.2) is 4.79 Å². The number of methoxy groups -OCH3 is 1. The highest BCUT2D eigenvalue weighted by Gasteiger charge is 2.15. The van der Waals surface area contributed by atoms with Gasteiger partial charge in [-0.2, -0.15) is 0 Å². The summed E-state index contributed by atoms with van der Waals surface area (Å²) in [5.41, 5.74) is 1.57. The van der Waals surface area contributed by atoms with E-state index in [1.807, 2.05) is 36.4 Å². The predicted octanol–water partition coefficient (Wildman–Crippen LogP) is 4.28. The quantitative estimate of drug-likeness (QED) is 0.517. The molecule has 3 rings (SSSR count). The smallest absolute Gasteiger partial charge is 0.341 e. The van der Waals surface area contributed by atoms with Crippen LogP contribution < -0.4 is 10.1 Å². The van der Waals surface area contributed by atoms with Crippen molar-refractivity contribution in [2.24, 2.45) is 0 Å². The Labute approximate surface area is 163 Å². The molecule has 0 saturated carbocycles. The molecule has 1 N–H and O–H groups in total. The normalized spacial score (nSPS) is 10.8. The van der Waals surface area contributed by atoms with Crippen molar-refractivity contribution in [1.29, 1.82) is 0 Å². The number of amides is 1. The Balaban J connectivity index is 1.91. The van der Waals surface area contributed by atoms with Crippen LogP contribution in [0.3, 0.4) is 0 Å². The van der Waals surface area contributed by atoms with Crippen molar-refractivity contribution < 1.29 is 19.1 Å². The molecular weight excluding hydrogens is 354 g/mol. The number of rotatable bonds is 6. The number of nitrogens with one attached hydrogen (secondary N) is 1. The molecule has 0 aromatic heterocycles. The lowest BCUT2D eigenvalue weighted by atomic mass is 10.1. The summed E-state index contributed by atoms with van der Waals surface area (Å²) >= 11 is 0. The second-order valence-electron chi connectivity index (χ2n) is 5.80. The van der Waals surface area contributed by atoms with Crippen molar-refractivity contribution in [3.05, 3.63) is 108 Å². The molecule has 5 heteroatoms. The molecule has 3 aromatic carbocycles. The van der Waals surface area contributed by atoms with E-state index in [-0.39, 0.29) is 5.91 Å². The van der Waals surface area contributed by atoms with Gasteiger partial charge in [0.15, 0.2) is 5.76 Å². The molecule has 0 heterocycles. The first-order valence-electron chi connectivity index (χ1n) is 8.65. The number of carbonyl (C=O) groups excluding carboxylic acids is 2. The van der Waals surface area contributed by atoms with Crippen LogP contribution in [-0.4, -0.2) is 19.0 Å². The fourth-order valence-corrected chi connectivity index (χ4v) is 2.53. The first-order chi connectivity index (χ1) is 13.7. The van der Waals surface area contributed by atoms with Gasteiger partial charge in [-0.1, -0.05) is 60.7 Å². The fourth-order valence-electron chi connectivity index (χ4n) is 2.53. The Hall–Kier alpha value is -3.86. The van der Waals surface area contributed by atoms with Gasteiger partial charge in [0.05, 0.1) is 7.11 Å². The van der Waals surface area contributed by atoms with E-state index < -0.39 is 5.97 Å². The summed E-state index contributed by atoms with van der Waals surface area (Å²) in [6, 6.07) is 24.9. The monoisotopic (exact) mass is 373 g/mol. The van der Waals surface area contributed by atoms with Gasteiger partial charge in [-0.05, 0) is 24.3 Å². The van der Waals surface area contributed by atoms with Crippen LogP contribution >= 0.6 is 0 Å². The lowest BCUT2D eigenvalue weighted by molar-refractivity contribution is 0.0598. The van der Waals surface area contributed by atoms with Crippen molar-refractivity contribution in [3.63, 3.8) is 0 Å². The molecule has 0 saturated heterocycles. The lowest BCUT2D eigenvalue weighted by Crippen LogP contribution is -2.18. The number of esters is 1. The van der Waals surface area contributed by atoms with Crippen LogP contribution in [0.25, 0.3) is 5.76 Å². The maximum Gasteiger partial charge on any atom is 0.341 e. The van der Waals surface area contributed by atoms with Crippen LogP contribution in [0.4, 0.5) is 0 Å². The minimum atomic E-state index is -0.503. The molecular formula is C23H19NO4. The molecule has 0 atom stereocenters. The zero-order valence-electron chi connectivity index (χ0n) is 15.3. The second kappa shape index (κ2) is 9.19. The Morgan fingerprint density at radius 2 is 1.36 bits per heavy atom. The molecule has 0 aliphatic rings. The van der Waals surface area contributed by atoms with Crippen LogP contribution in [0.15, 0.2) is 91.1 Å². The van der Waals surface area contributed by atoms with E-state index in [2.05, 4.69) is 5.32 Å². The van der Waals surface area contributed by atoms with Crippen molar-refractivity contribution in [2.45, 2.75) is 0 Å². The predicted molar refractivity (Wildman–Crippen MR) is 107 cm³/mol. The van der Waals surface area contributed by atoms with Gasteiger partial charge >= 0.3 is 5.97 Å². The Kier molecular flexibility index (Phi) is 6.21. The van der Waals surface area contributed by atoms with Gasteiger partial charge in [-0.3, -0.25) is 4.79 Å². The van der Waals surface area contributed by atoms with Gasteiger partial charge in [-0.15, -0.1) is 0 Å². The third-order valence-electron chi connectivity index (χ3n) is 3.94. The largest absolute Gasteiger partial charge is 0.465 e. The Bertz CT molecular complexity index is 982. The van der Waals surface area contributed by atoms with Crippen molar-refractivity contribution >= 4 is 17.6 Å². The third-order valence-corrected chi connectivity index (χ3v) is 3.94. The Morgan fingerprint density at radius 1 is 0.786 bits per heavy atom. The van der Waals surface area contributed by atoms with Crippen LogP contribution in [-0.2, 0) is 4.74 Å².